The second-order valence-corrected chi connectivity index (χ2v) is 24.8. The molecule has 0 aliphatic rings. The van der Waals surface area contributed by atoms with Crippen LogP contribution in [0.3, 0.4) is 0 Å². The number of amides is 1. The highest BCUT2D eigenvalue weighted by atomic mass is 31.2. The Morgan fingerprint density at radius 2 is 0.829 bits per heavy atom. The molecule has 10 heteroatoms. The molecule has 3 unspecified atom stereocenters. The quantitative estimate of drug-likeness (QED) is 0.0161. The first-order valence-electron chi connectivity index (χ1n) is 33.4. The fourth-order valence-corrected chi connectivity index (χ4v) is 9.87. The molecule has 1 N–H and O–H groups in total. The predicted molar refractivity (Wildman–Crippen MR) is 353 cm³/mol. The van der Waals surface area contributed by atoms with E-state index in [-0.39, 0.29) is 24.9 Å². The third-order valence-corrected chi connectivity index (χ3v) is 15.3. The molecule has 0 saturated carbocycles. The molecule has 0 aromatic rings. The Bertz CT molecular complexity index is 1820. The van der Waals surface area contributed by atoms with Crippen molar-refractivity contribution in [3.8, 4) is 0 Å². The fourth-order valence-electron chi connectivity index (χ4n) is 9.15. The van der Waals surface area contributed by atoms with E-state index in [4.69, 9.17) is 13.8 Å². The number of nitrogens with one attached hydrogen (secondary N) is 1. The van der Waals surface area contributed by atoms with Crippen molar-refractivity contribution < 1.29 is 37.3 Å². The van der Waals surface area contributed by atoms with Gasteiger partial charge in [0.2, 0.25) is 5.91 Å². The summed E-state index contributed by atoms with van der Waals surface area (Å²) < 4.78 is 30.3. The zero-order valence-corrected chi connectivity index (χ0v) is 54.5. The largest absolute Gasteiger partial charge is 0.756 e. The standard InChI is InChI=1S/C72H125N2O7P/c1-7-10-13-16-19-22-25-28-30-32-33-34-35-36-37-38-39-40-41-43-44-46-49-52-55-58-61-64-71(75)73-69(68-80-82(77,78)79-67-66-74(4,5)6)70(63-60-57-54-51-48-27-24-21-18-15-12-9-3)81-72(76)65-62-59-56-53-50-47-45-42-31-29-26-23-20-17-14-11-8-2/h11,14,17,19-20,22-23,26,28-31,33-34,42,45,47,50,60,63,69-70H,7-10,12-13,15-16,18,21,24-25,27,32,35-41,43-44,46,48-49,51-59,61-62,64-68H2,1-6H3,(H-,73,75,77,78)/b14-11-,20-17+,22-19-,26-23+,30-28-,31-29-,34-33-,45-42+,50-47+,63-60-. The zero-order valence-electron chi connectivity index (χ0n) is 53.7. The molecule has 0 aromatic heterocycles. The van der Waals surface area contributed by atoms with Gasteiger partial charge in [-0.15, -0.1) is 0 Å². The van der Waals surface area contributed by atoms with Gasteiger partial charge in [0.25, 0.3) is 7.82 Å². The van der Waals surface area contributed by atoms with Gasteiger partial charge in [-0.1, -0.05) is 290 Å². The number of rotatable bonds is 59. The lowest BCUT2D eigenvalue weighted by atomic mass is 10.0. The predicted octanol–water partition coefficient (Wildman–Crippen LogP) is 20.4. The number of likely N-dealkylation sites (N-methyl/N-ethyl adjacent to an activating group) is 1. The van der Waals surface area contributed by atoms with Gasteiger partial charge in [0.05, 0.1) is 33.8 Å². The van der Waals surface area contributed by atoms with Crippen molar-refractivity contribution in [3.63, 3.8) is 0 Å². The number of phosphoric acid groups is 1. The second-order valence-electron chi connectivity index (χ2n) is 23.4. The van der Waals surface area contributed by atoms with Crippen LogP contribution in [0, 0.1) is 0 Å². The van der Waals surface area contributed by atoms with Crippen LogP contribution in [0.15, 0.2) is 122 Å². The molecule has 82 heavy (non-hydrogen) atoms. The van der Waals surface area contributed by atoms with Crippen LogP contribution in [-0.2, 0) is 27.9 Å². The first-order valence-corrected chi connectivity index (χ1v) is 34.9. The van der Waals surface area contributed by atoms with Crippen molar-refractivity contribution in [2.24, 2.45) is 0 Å². The van der Waals surface area contributed by atoms with Crippen LogP contribution in [-0.4, -0.2) is 69.4 Å². The molecule has 0 radical (unpaired) electrons. The molecular weight excluding hydrogens is 1040 g/mol. The number of phosphoric ester groups is 1. The van der Waals surface area contributed by atoms with Gasteiger partial charge in [0.15, 0.2) is 0 Å². The maximum absolute atomic E-state index is 13.6. The molecule has 1 amide bonds. The van der Waals surface area contributed by atoms with E-state index in [1.165, 1.54) is 148 Å². The van der Waals surface area contributed by atoms with Crippen molar-refractivity contribution in [2.45, 2.75) is 283 Å². The summed E-state index contributed by atoms with van der Waals surface area (Å²) in [6.45, 7) is 6.64. The number of nitrogens with zero attached hydrogens (tertiary/aromatic N) is 1. The van der Waals surface area contributed by atoms with Crippen molar-refractivity contribution in [3.05, 3.63) is 122 Å². The Morgan fingerprint density at radius 3 is 1.32 bits per heavy atom. The fraction of sp³-hybridized carbons (Fsp3) is 0.694. The summed E-state index contributed by atoms with van der Waals surface area (Å²) in [7, 11) is 1.14. The molecule has 0 bridgehead atoms. The van der Waals surface area contributed by atoms with Crippen molar-refractivity contribution in [2.75, 3.05) is 40.9 Å². The van der Waals surface area contributed by atoms with Crippen LogP contribution < -0.4 is 10.2 Å². The molecular formula is C72H125N2O7P. The number of esters is 1. The molecule has 0 saturated heterocycles. The molecule has 0 aliphatic carbocycles. The van der Waals surface area contributed by atoms with Crippen LogP contribution in [0.2, 0.25) is 0 Å². The summed E-state index contributed by atoms with van der Waals surface area (Å²) in [6.07, 6.45) is 84.6. The van der Waals surface area contributed by atoms with Crippen LogP contribution >= 0.6 is 7.82 Å². The second kappa shape index (κ2) is 60.5. The zero-order chi connectivity index (χ0) is 60.0. The number of quaternary nitrogens is 1. The summed E-state index contributed by atoms with van der Waals surface area (Å²) in [5.41, 5.74) is 0. The normalized spacial score (nSPS) is 14.4. The van der Waals surface area contributed by atoms with Gasteiger partial charge >= 0.3 is 5.97 Å². The number of hydrogen-bond donors (Lipinski definition) is 1. The van der Waals surface area contributed by atoms with Crippen molar-refractivity contribution >= 4 is 19.7 Å². The Morgan fingerprint density at radius 1 is 0.451 bits per heavy atom. The number of hydrogen-bond acceptors (Lipinski definition) is 7. The smallest absolute Gasteiger partial charge is 0.306 e. The first-order chi connectivity index (χ1) is 39.9. The van der Waals surface area contributed by atoms with Crippen LogP contribution in [0.25, 0.3) is 0 Å². The minimum Gasteiger partial charge on any atom is -0.756 e. The summed E-state index contributed by atoms with van der Waals surface area (Å²) in [5.74, 6) is -0.596. The van der Waals surface area contributed by atoms with E-state index in [1.807, 2.05) is 94.1 Å². The third-order valence-electron chi connectivity index (χ3n) is 14.3. The first kappa shape index (κ1) is 78.4. The lowest BCUT2D eigenvalue weighted by Gasteiger charge is -2.30. The monoisotopic (exact) mass is 1160 g/mol. The molecule has 0 aromatic carbocycles. The van der Waals surface area contributed by atoms with Crippen molar-refractivity contribution in [1.29, 1.82) is 0 Å². The van der Waals surface area contributed by atoms with E-state index in [0.717, 1.165) is 83.5 Å². The van der Waals surface area contributed by atoms with E-state index in [2.05, 4.69) is 74.7 Å². The van der Waals surface area contributed by atoms with E-state index >= 15 is 0 Å². The third kappa shape index (κ3) is 61.0. The average molecular weight is 1160 g/mol. The highest BCUT2D eigenvalue weighted by molar-refractivity contribution is 7.45. The van der Waals surface area contributed by atoms with Gasteiger partial charge in [-0.2, -0.15) is 0 Å². The molecule has 9 nitrogen and oxygen atoms in total. The van der Waals surface area contributed by atoms with Crippen LogP contribution in [0.4, 0.5) is 0 Å². The van der Waals surface area contributed by atoms with E-state index in [9.17, 15) is 19.0 Å². The van der Waals surface area contributed by atoms with Crippen LogP contribution in [0.1, 0.15) is 271 Å². The molecule has 470 valence electrons. The molecule has 0 fully saturated rings. The Hall–Kier alpha value is -3.59. The van der Waals surface area contributed by atoms with Crippen molar-refractivity contribution in [1.82, 2.24) is 5.32 Å². The lowest BCUT2D eigenvalue weighted by Crippen LogP contribution is -2.47. The molecule has 0 rings (SSSR count). The molecule has 3 atom stereocenters. The van der Waals surface area contributed by atoms with E-state index in [0.29, 0.717) is 23.9 Å². The molecule has 0 spiro atoms. The van der Waals surface area contributed by atoms with Gasteiger partial charge in [0.1, 0.15) is 19.3 Å². The van der Waals surface area contributed by atoms with Gasteiger partial charge in [-0.05, 0) is 89.5 Å². The minimum absolute atomic E-state index is 0.0358. The number of carbonyl (C=O) groups is 2. The highest BCUT2D eigenvalue weighted by Gasteiger charge is 2.27. The Balaban J connectivity index is 5.14. The lowest BCUT2D eigenvalue weighted by molar-refractivity contribution is -0.870. The van der Waals surface area contributed by atoms with E-state index < -0.39 is 26.6 Å². The van der Waals surface area contributed by atoms with Gasteiger partial charge in [-0.3, -0.25) is 14.2 Å². The SMILES string of the molecule is CC\C=C/C=C/C=C/C=C\C=C\C=C\CCCCCC(=O)OC(/C=C\CCCCCCCCCCCC)C(COP(=O)([O-])OCC[N+](C)(C)C)NC(=O)CCCCCCCCCCCCCCCC/C=C\C/C=C\C/C=C\CCCCC. The van der Waals surface area contributed by atoms with Gasteiger partial charge in [-0.25, -0.2) is 0 Å². The summed E-state index contributed by atoms with van der Waals surface area (Å²) >= 11 is 0. The Kier molecular flexibility index (Phi) is 57.9. The number of allylic oxidation sites excluding steroid dienone is 19. The number of unbranched alkanes of at least 4 members (excludes halogenated alkanes) is 30. The van der Waals surface area contributed by atoms with Crippen LogP contribution in [0.5, 0.6) is 0 Å². The summed E-state index contributed by atoms with van der Waals surface area (Å²) in [6, 6.07) is -0.915. The maximum atomic E-state index is 13.6. The summed E-state index contributed by atoms with van der Waals surface area (Å²) in [5, 5.41) is 3.02. The maximum Gasteiger partial charge on any atom is 0.306 e. The van der Waals surface area contributed by atoms with E-state index in [1.54, 1.807) is 0 Å². The van der Waals surface area contributed by atoms with Gasteiger partial charge in [0, 0.05) is 12.8 Å². The molecule has 0 heterocycles. The molecule has 0 aliphatic heterocycles. The average Bonchev–Trinajstić information content (AvgIpc) is 3.44. The van der Waals surface area contributed by atoms with Gasteiger partial charge < -0.3 is 28.5 Å². The minimum atomic E-state index is -4.72. The highest BCUT2D eigenvalue weighted by Crippen LogP contribution is 2.38. The topological polar surface area (TPSA) is 114 Å². The Labute approximate surface area is 505 Å². The number of carbonyl (C=O) groups excluding carboxylic acids is 2. The number of ether oxygens (including phenoxy) is 1. The summed E-state index contributed by atoms with van der Waals surface area (Å²) in [4.78, 5) is 40.1.